The van der Waals surface area contributed by atoms with Gasteiger partial charge in [-0.2, -0.15) is 0 Å². The van der Waals surface area contributed by atoms with Crippen LogP contribution in [-0.2, 0) is 11.3 Å². The Morgan fingerprint density at radius 1 is 0.821 bits per heavy atom. The smallest absolute Gasteiger partial charge is 0.196 e. The lowest BCUT2D eigenvalue weighted by atomic mass is 9.99. The maximum atomic E-state index is 13.1. The van der Waals surface area contributed by atoms with Crippen LogP contribution in [0, 0.1) is 0 Å². The van der Waals surface area contributed by atoms with Crippen LogP contribution in [0.4, 0.5) is 0 Å². The second kappa shape index (κ2) is 9.40. The molecule has 0 aliphatic rings. The van der Waals surface area contributed by atoms with Crippen LogP contribution in [0.5, 0.6) is 11.5 Å². The van der Waals surface area contributed by atoms with Crippen molar-refractivity contribution in [1.29, 1.82) is 0 Å². The zero-order chi connectivity index (χ0) is 19.9. The van der Waals surface area contributed by atoms with E-state index in [1.54, 1.807) is 50.6 Å². The Balaban J connectivity index is 1.83. The van der Waals surface area contributed by atoms with Crippen molar-refractivity contribution in [1.82, 2.24) is 0 Å². The lowest BCUT2D eigenvalue weighted by Gasteiger charge is -2.18. The molecule has 3 aromatic rings. The van der Waals surface area contributed by atoms with E-state index in [9.17, 15) is 4.79 Å². The van der Waals surface area contributed by atoms with Gasteiger partial charge in [-0.3, -0.25) is 4.79 Å². The number of ether oxygens (including phenoxy) is 3. The monoisotopic (exact) mass is 396 g/mol. The van der Waals surface area contributed by atoms with Crippen molar-refractivity contribution in [2.24, 2.45) is 0 Å². The van der Waals surface area contributed by atoms with E-state index in [1.807, 2.05) is 36.4 Å². The van der Waals surface area contributed by atoms with Crippen molar-refractivity contribution in [3.63, 3.8) is 0 Å². The summed E-state index contributed by atoms with van der Waals surface area (Å²) in [4.78, 5) is 13.1. The van der Waals surface area contributed by atoms with E-state index in [1.165, 1.54) is 0 Å². The summed E-state index contributed by atoms with van der Waals surface area (Å²) in [5.41, 5.74) is 2.25. The molecule has 28 heavy (non-hydrogen) atoms. The van der Waals surface area contributed by atoms with Crippen LogP contribution in [0.1, 0.15) is 27.6 Å². The normalized spacial score (nSPS) is 11.7. The van der Waals surface area contributed by atoms with Crippen LogP contribution < -0.4 is 9.47 Å². The van der Waals surface area contributed by atoms with E-state index in [-0.39, 0.29) is 5.78 Å². The highest BCUT2D eigenvalue weighted by molar-refractivity contribution is 6.30. The lowest BCUT2D eigenvalue weighted by molar-refractivity contribution is 0.0334. The first kappa shape index (κ1) is 19.9. The summed E-state index contributed by atoms with van der Waals surface area (Å²) in [5.74, 6) is 1.34. The number of halogens is 1. The molecule has 0 aliphatic heterocycles. The summed E-state index contributed by atoms with van der Waals surface area (Å²) in [6, 6.07) is 21.7. The molecule has 0 N–H and O–H groups in total. The molecule has 144 valence electrons. The average Bonchev–Trinajstić information content (AvgIpc) is 2.75. The van der Waals surface area contributed by atoms with Gasteiger partial charge in [0.2, 0.25) is 0 Å². The molecule has 0 heterocycles. The second-order valence-electron chi connectivity index (χ2n) is 6.18. The molecule has 0 aromatic heterocycles. The molecule has 0 amide bonds. The Morgan fingerprint density at radius 2 is 1.36 bits per heavy atom. The summed E-state index contributed by atoms with van der Waals surface area (Å²) >= 11 is 6.00. The maximum Gasteiger partial charge on any atom is 0.196 e. The number of ketones is 1. The maximum absolute atomic E-state index is 13.1. The van der Waals surface area contributed by atoms with Crippen molar-refractivity contribution >= 4 is 17.4 Å². The largest absolute Gasteiger partial charge is 0.497 e. The molecule has 0 spiro atoms. The van der Waals surface area contributed by atoms with Crippen molar-refractivity contribution in [3.05, 3.63) is 94.5 Å². The fraction of sp³-hybridized carbons (Fsp3) is 0.174. The molecule has 1 atom stereocenters. The van der Waals surface area contributed by atoms with Crippen LogP contribution in [0.3, 0.4) is 0 Å². The summed E-state index contributed by atoms with van der Waals surface area (Å²) < 4.78 is 16.4. The van der Waals surface area contributed by atoms with Crippen molar-refractivity contribution in [3.8, 4) is 11.5 Å². The van der Waals surface area contributed by atoms with Gasteiger partial charge in [0, 0.05) is 10.6 Å². The predicted molar refractivity (Wildman–Crippen MR) is 109 cm³/mol. The van der Waals surface area contributed by atoms with Crippen LogP contribution in [-0.4, -0.2) is 20.0 Å². The van der Waals surface area contributed by atoms with Gasteiger partial charge < -0.3 is 14.2 Å². The van der Waals surface area contributed by atoms with Crippen molar-refractivity contribution in [2.75, 3.05) is 14.2 Å². The summed E-state index contributed by atoms with van der Waals surface area (Å²) in [5, 5.41) is 0.606. The molecule has 0 saturated carbocycles. The molecule has 0 fully saturated rings. The fourth-order valence-electron chi connectivity index (χ4n) is 2.77. The Hall–Kier alpha value is -2.82. The minimum Gasteiger partial charge on any atom is -0.497 e. The zero-order valence-corrected chi connectivity index (χ0v) is 16.5. The summed E-state index contributed by atoms with van der Waals surface area (Å²) in [7, 11) is 3.21. The first-order valence-corrected chi connectivity index (χ1v) is 9.17. The van der Waals surface area contributed by atoms with Gasteiger partial charge in [-0.1, -0.05) is 35.9 Å². The molecule has 0 bridgehead atoms. The van der Waals surface area contributed by atoms with Gasteiger partial charge in [-0.05, 0) is 59.7 Å². The number of hydrogen-bond donors (Lipinski definition) is 0. The van der Waals surface area contributed by atoms with E-state index in [2.05, 4.69) is 0 Å². The van der Waals surface area contributed by atoms with E-state index in [0.29, 0.717) is 22.9 Å². The van der Waals surface area contributed by atoms with Crippen LogP contribution in [0.2, 0.25) is 5.02 Å². The molecule has 4 nitrogen and oxygen atoms in total. The van der Waals surface area contributed by atoms with Gasteiger partial charge in [0.25, 0.3) is 0 Å². The van der Waals surface area contributed by atoms with Crippen LogP contribution in [0.25, 0.3) is 0 Å². The lowest BCUT2D eigenvalue weighted by Crippen LogP contribution is -2.16. The van der Waals surface area contributed by atoms with E-state index >= 15 is 0 Å². The van der Waals surface area contributed by atoms with Gasteiger partial charge in [-0.25, -0.2) is 0 Å². The van der Waals surface area contributed by atoms with Gasteiger partial charge >= 0.3 is 0 Å². The third-order valence-electron chi connectivity index (χ3n) is 4.36. The number of Topliss-reactive ketones (excluding diaryl/α,β-unsaturated/α-hetero) is 1. The second-order valence-corrected chi connectivity index (χ2v) is 6.62. The molecule has 0 radical (unpaired) electrons. The molecule has 0 aliphatic carbocycles. The minimum absolute atomic E-state index is 0.126. The minimum atomic E-state index is -0.743. The standard InChI is InChI=1S/C23H21ClO4/c1-26-20-11-3-16(4-12-20)15-28-23(18-5-9-19(24)10-6-18)22(25)17-7-13-21(27-2)14-8-17/h3-14,23H,15H2,1-2H3. The van der Waals surface area contributed by atoms with E-state index in [4.69, 9.17) is 25.8 Å². The third-order valence-corrected chi connectivity index (χ3v) is 4.61. The van der Waals surface area contributed by atoms with E-state index < -0.39 is 6.10 Å². The van der Waals surface area contributed by atoms with Gasteiger partial charge in [0.15, 0.2) is 5.78 Å². The fourth-order valence-corrected chi connectivity index (χ4v) is 2.89. The summed E-state index contributed by atoms with van der Waals surface area (Å²) in [6.45, 7) is 0.291. The predicted octanol–water partition coefficient (Wildman–Crippen LogP) is 5.50. The number of carbonyl (C=O) groups is 1. The van der Waals surface area contributed by atoms with Gasteiger partial charge in [-0.15, -0.1) is 0 Å². The number of carbonyl (C=O) groups excluding carboxylic acids is 1. The molecule has 0 saturated heterocycles. The number of benzene rings is 3. The molecule has 5 heteroatoms. The molecular formula is C23H21ClO4. The quantitative estimate of drug-likeness (QED) is 0.472. The van der Waals surface area contributed by atoms with Crippen LogP contribution in [0.15, 0.2) is 72.8 Å². The Morgan fingerprint density at radius 3 is 1.89 bits per heavy atom. The highest BCUT2D eigenvalue weighted by Gasteiger charge is 2.23. The van der Waals surface area contributed by atoms with Gasteiger partial charge in [0.05, 0.1) is 20.8 Å². The highest BCUT2D eigenvalue weighted by atomic mass is 35.5. The van der Waals surface area contributed by atoms with Crippen molar-refractivity contribution < 1.29 is 19.0 Å². The van der Waals surface area contributed by atoms with Crippen molar-refractivity contribution in [2.45, 2.75) is 12.7 Å². The van der Waals surface area contributed by atoms with E-state index in [0.717, 1.165) is 16.9 Å². The Labute approximate surface area is 169 Å². The first-order valence-electron chi connectivity index (χ1n) is 8.79. The molecule has 1 unspecified atom stereocenters. The average molecular weight is 397 g/mol. The summed E-state index contributed by atoms with van der Waals surface area (Å²) in [6.07, 6.45) is -0.743. The van der Waals surface area contributed by atoms with Crippen LogP contribution >= 0.6 is 11.6 Å². The molecular weight excluding hydrogens is 376 g/mol. The number of methoxy groups -OCH3 is 2. The highest BCUT2D eigenvalue weighted by Crippen LogP contribution is 2.26. The zero-order valence-electron chi connectivity index (χ0n) is 15.7. The van der Waals surface area contributed by atoms with Gasteiger partial charge in [0.1, 0.15) is 17.6 Å². The molecule has 3 aromatic carbocycles. The molecule has 3 rings (SSSR count). The number of hydrogen-bond acceptors (Lipinski definition) is 4. The Bertz CT molecular complexity index is 903. The third kappa shape index (κ3) is 4.91. The SMILES string of the molecule is COc1ccc(COC(C(=O)c2ccc(OC)cc2)c2ccc(Cl)cc2)cc1. The Kier molecular flexibility index (Phi) is 6.69. The number of rotatable bonds is 8. The topological polar surface area (TPSA) is 44.8 Å². The first-order chi connectivity index (χ1) is 13.6.